The van der Waals surface area contributed by atoms with Crippen molar-refractivity contribution < 1.29 is 4.79 Å². The third-order valence-electron chi connectivity index (χ3n) is 5.91. The van der Waals surface area contributed by atoms with E-state index in [4.69, 9.17) is 0 Å². The molecule has 0 spiro atoms. The van der Waals surface area contributed by atoms with Crippen LogP contribution < -0.4 is 0 Å². The van der Waals surface area contributed by atoms with Crippen LogP contribution in [0.15, 0.2) is 42.5 Å². The SMILES string of the molecule is C=C1C2(C(=O)N(C)Cc3ccccc3)CCC(C2)C1(C)C. The van der Waals surface area contributed by atoms with Gasteiger partial charge < -0.3 is 4.90 Å². The third-order valence-corrected chi connectivity index (χ3v) is 5.91. The van der Waals surface area contributed by atoms with Gasteiger partial charge in [-0.25, -0.2) is 0 Å². The van der Waals surface area contributed by atoms with Crippen LogP contribution in [0.1, 0.15) is 38.7 Å². The van der Waals surface area contributed by atoms with Gasteiger partial charge in [0, 0.05) is 13.6 Å². The van der Waals surface area contributed by atoms with Gasteiger partial charge in [0.1, 0.15) is 0 Å². The van der Waals surface area contributed by atoms with Crippen molar-refractivity contribution in [3.8, 4) is 0 Å². The van der Waals surface area contributed by atoms with Crippen molar-refractivity contribution in [2.75, 3.05) is 7.05 Å². The number of hydrogen-bond acceptors (Lipinski definition) is 1. The summed E-state index contributed by atoms with van der Waals surface area (Å²) >= 11 is 0. The van der Waals surface area contributed by atoms with E-state index in [1.54, 1.807) is 0 Å². The first kappa shape index (κ1) is 14.4. The van der Waals surface area contributed by atoms with Crippen molar-refractivity contribution >= 4 is 5.91 Å². The van der Waals surface area contributed by atoms with Crippen LogP contribution in [0.5, 0.6) is 0 Å². The maximum atomic E-state index is 13.1. The first-order valence-corrected chi connectivity index (χ1v) is 7.87. The highest BCUT2D eigenvalue weighted by Gasteiger charge is 2.61. The molecule has 0 N–H and O–H groups in total. The Balaban J connectivity index is 1.81. The fourth-order valence-electron chi connectivity index (χ4n) is 4.42. The summed E-state index contributed by atoms with van der Waals surface area (Å²) in [5, 5.41) is 0. The van der Waals surface area contributed by atoms with E-state index in [0.717, 1.165) is 24.8 Å². The molecular formula is C19H25NO. The number of fused-ring (bicyclic) bond motifs is 2. The van der Waals surface area contributed by atoms with Crippen LogP contribution in [0.3, 0.4) is 0 Å². The monoisotopic (exact) mass is 283 g/mol. The molecule has 2 heteroatoms. The number of benzene rings is 1. The summed E-state index contributed by atoms with van der Waals surface area (Å²) < 4.78 is 0. The number of carbonyl (C=O) groups excluding carboxylic acids is 1. The van der Waals surface area contributed by atoms with Gasteiger partial charge in [-0.15, -0.1) is 0 Å². The zero-order valence-electron chi connectivity index (χ0n) is 13.4. The highest BCUT2D eigenvalue weighted by molar-refractivity contribution is 5.87. The minimum absolute atomic E-state index is 0.113. The van der Waals surface area contributed by atoms with E-state index in [1.165, 1.54) is 5.56 Å². The van der Waals surface area contributed by atoms with Crippen LogP contribution in [0.4, 0.5) is 0 Å². The highest BCUT2D eigenvalue weighted by Crippen LogP contribution is 2.65. The predicted octanol–water partition coefficient (Wildman–Crippen LogP) is 4.03. The summed E-state index contributed by atoms with van der Waals surface area (Å²) in [5.41, 5.74) is 2.16. The zero-order valence-corrected chi connectivity index (χ0v) is 13.4. The third kappa shape index (κ3) is 2.04. The molecule has 21 heavy (non-hydrogen) atoms. The lowest BCUT2D eigenvalue weighted by molar-refractivity contribution is -0.138. The van der Waals surface area contributed by atoms with Crippen LogP contribution in [0.2, 0.25) is 0 Å². The fourth-order valence-corrected chi connectivity index (χ4v) is 4.42. The lowest BCUT2D eigenvalue weighted by atomic mass is 9.68. The fraction of sp³-hybridized carbons (Fsp3) is 0.526. The van der Waals surface area contributed by atoms with Crippen molar-refractivity contribution in [2.24, 2.45) is 16.7 Å². The first-order valence-electron chi connectivity index (χ1n) is 7.87. The van der Waals surface area contributed by atoms with Crippen LogP contribution in [0.25, 0.3) is 0 Å². The average Bonchev–Trinajstić information content (AvgIpc) is 2.99. The molecule has 2 unspecified atom stereocenters. The molecule has 2 nitrogen and oxygen atoms in total. The van der Waals surface area contributed by atoms with Crippen molar-refractivity contribution in [3.05, 3.63) is 48.0 Å². The maximum absolute atomic E-state index is 13.1. The van der Waals surface area contributed by atoms with E-state index in [1.807, 2.05) is 30.1 Å². The largest absolute Gasteiger partial charge is 0.341 e. The summed E-state index contributed by atoms with van der Waals surface area (Å²) in [4.78, 5) is 15.0. The van der Waals surface area contributed by atoms with Gasteiger partial charge in [0.2, 0.25) is 5.91 Å². The predicted molar refractivity (Wildman–Crippen MR) is 85.6 cm³/mol. The molecule has 0 aromatic heterocycles. The van der Waals surface area contributed by atoms with E-state index < -0.39 is 0 Å². The van der Waals surface area contributed by atoms with E-state index in [0.29, 0.717) is 12.5 Å². The second-order valence-corrected chi connectivity index (χ2v) is 7.37. The molecule has 0 aliphatic heterocycles. The highest BCUT2D eigenvalue weighted by atomic mass is 16.2. The molecule has 3 rings (SSSR count). The molecule has 1 aromatic carbocycles. The molecule has 1 aromatic rings. The van der Waals surface area contributed by atoms with Crippen molar-refractivity contribution in [1.29, 1.82) is 0 Å². The topological polar surface area (TPSA) is 20.3 Å². The van der Waals surface area contributed by atoms with Gasteiger partial charge in [0.15, 0.2) is 0 Å². The quantitative estimate of drug-likeness (QED) is 0.767. The number of amides is 1. The number of nitrogens with zero attached hydrogens (tertiary/aromatic N) is 1. The van der Waals surface area contributed by atoms with Gasteiger partial charge in [-0.1, -0.05) is 56.3 Å². The molecule has 0 heterocycles. The summed E-state index contributed by atoms with van der Waals surface area (Å²) in [6.07, 6.45) is 3.14. The lowest BCUT2D eigenvalue weighted by Crippen LogP contribution is -2.42. The van der Waals surface area contributed by atoms with Crippen molar-refractivity contribution in [2.45, 2.75) is 39.7 Å². The Morgan fingerprint density at radius 2 is 2.00 bits per heavy atom. The Labute approximate surface area is 127 Å². The second-order valence-electron chi connectivity index (χ2n) is 7.37. The van der Waals surface area contributed by atoms with Gasteiger partial charge in [-0.3, -0.25) is 4.79 Å². The number of carbonyl (C=O) groups is 1. The number of hydrogen-bond donors (Lipinski definition) is 0. The summed E-state index contributed by atoms with van der Waals surface area (Å²) in [7, 11) is 1.93. The second kappa shape index (κ2) is 4.72. The lowest BCUT2D eigenvalue weighted by Gasteiger charge is -2.39. The zero-order chi connectivity index (χ0) is 15.3. The average molecular weight is 283 g/mol. The van der Waals surface area contributed by atoms with Crippen molar-refractivity contribution in [1.82, 2.24) is 4.90 Å². The number of rotatable bonds is 3. The van der Waals surface area contributed by atoms with Gasteiger partial charge >= 0.3 is 0 Å². The van der Waals surface area contributed by atoms with Crippen molar-refractivity contribution in [3.63, 3.8) is 0 Å². The molecule has 2 fully saturated rings. The Hall–Kier alpha value is -1.57. The molecular weight excluding hydrogens is 258 g/mol. The molecule has 2 bridgehead atoms. The van der Waals surface area contributed by atoms with E-state index in [-0.39, 0.29) is 16.7 Å². The van der Waals surface area contributed by atoms with Gasteiger partial charge in [-0.2, -0.15) is 0 Å². The van der Waals surface area contributed by atoms with E-state index in [9.17, 15) is 4.79 Å². The Morgan fingerprint density at radius 3 is 2.57 bits per heavy atom. The van der Waals surface area contributed by atoms with Crippen LogP contribution in [0, 0.1) is 16.7 Å². The Bertz CT molecular complexity index is 574. The summed E-state index contributed by atoms with van der Waals surface area (Å²) in [6, 6.07) is 10.2. The molecule has 1 amide bonds. The molecule has 2 saturated carbocycles. The summed E-state index contributed by atoms with van der Waals surface area (Å²) in [6.45, 7) is 9.52. The van der Waals surface area contributed by atoms with Crippen LogP contribution >= 0.6 is 0 Å². The standard InChI is InChI=1S/C19H25NO/c1-14-18(2,3)16-10-11-19(14,12-16)17(21)20(4)13-15-8-6-5-7-9-15/h5-9,16H,1,10-13H2,2-4H3. The van der Waals surface area contributed by atoms with Gasteiger partial charge in [0.25, 0.3) is 0 Å². The van der Waals surface area contributed by atoms with Gasteiger partial charge in [0.05, 0.1) is 5.41 Å². The normalized spacial score (nSPS) is 29.7. The minimum atomic E-state index is -0.294. The minimum Gasteiger partial charge on any atom is -0.341 e. The molecule has 112 valence electrons. The maximum Gasteiger partial charge on any atom is 0.232 e. The molecule has 2 aliphatic rings. The molecule has 0 saturated heterocycles. The smallest absolute Gasteiger partial charge is 0.232 e. The van der Waals surface area contributed by atoms with E-state index >= 15 is 0 Å². The molecule has 2 atom stereocenters. The van der Waals surface area contributed by atoms with E-state index in [2.05, 4.69) is 32.6 Å². The molecule has 2 aliphatic carbocycles. The molecule has 0 radical (unpaired) electrons. The first-order chi connectivity index (χ1) is 9.88. The van der Waals surface area contributed by atoms with Crippen LogP contribution in [-0.4, -0.2) is 17.9 Å². The van der Waals surface area contributed by atoms with Crippen LogP contribution in [-0.2, 0) is 11.3 Å². The Morgan fingerprint density at radius 1 is 1.33 bits per heavy atom. The van der Waals surface area contributed by atoms with Gasteiger partial charge in [-0.05, 0) is 36.2 Å². The Kier molecular flexibility index (Phi) is 3.23. The summed E-state index contributed by atoms with van der Waals surface area (Å²) in [5.74, 6) is 0.892.